The highest BCUT2D eigenvalue weighted by Gasteiger charge is 2.25. The molecule has 37 heavy (non-hydrogen) atoms. The van der Waals surface area contributed by atoms with Gasteiger partial charge < -0.3 is 25.0 Å². The number of halogens is 1. The molecule has 6 rings (SSSR count). The monoisotopic (exact) mass is 516 g/mol. The topological polar surface area (TPSA) is 107 Å². The number of carbonyl (C=O) groups excluding carboxylic acids is 1. The maximum Gasteiger partial charge on any atom is 0.260 e. The highest BCUT2D eigenvalue weighted by Crippen LogP contribution is 2.32. The number of piperazine rings is 1. The zero-order chi connectivity index (χ0) is 25.4. The van der Waals surface area contributed by atoms with E-state index in [2.05, 4.69) is 20.9 Å². The summed E-state index contributed by atoms with van der Waals surface area (Å²) in [6.45, 7) is 2.96. The van der Waals surface area contributed by atoms with Crippen molar-refractivity contribution >= 4 is 40.3 Å². The van der Waals surface area contributed by atoms with Crippen LogP contribution in [-0.2, 0) is 11.2 Å². The molecule has 0 saturated carbocycles. The molecule has 1 fully saturated rings. The largest absolute Gasteiger partial charge is 0.493 e. The van der Waals surface area contributed by atoms with Crippen LogP contribution in [0, 0.1) is 0 Å². The molecule has 2 aliphatic heterocycles. The van der Waals surface area contributed by atoms with Crippen molar-refractivity contribution in [2.75, 3.05) is 50.0 Å². The number of hydrogen-bond acceptors (Lipinski definition) is 8. The van der Waals surface area contributed by atoms with Crippen LogP contribution < -0.4 is 20.1 Å². The van der Waals surface area contributed by atoms with E-state index < -0.39 is 0 Å². The average Bonchev–Trinajstić information content (AvgIpc) is 3.40. The van der Waals surface area contributed by atoms with Crippen molar-refractivity contribution in [3.8, 4) is 22.8 Å². The molecule has 2 aromatic heterocycles. The molecule has 0 atom stereocenters. The van der Waals surface area contributed by atoms with Gasteiger partial charge in [-0.3, -0.25) is 4.79 Å². The molecule has 2 N–H and O–H groups in total. The lowest BCUT2D eigenvalue weighted by Crippen LogP contribution is -2.50. The average molecular weight is 517 g/mol. The number of pyridine rings is 1. The van der Waals surface area contributed by atoms with Crippen LogP contribution in [-0.4, -0.2) is 65.2 Å². The molecule has 2 aliphatic rings. The second-order valence-electron chi connectivity index (χ2n) is 9.00. The van der Waals surface area contributed by atoms with Crippen molar-refractivity contribution in [2.45, 2.75) is 6.42 Å². The molecule has 188 valence electrons. The van der Waals surface area contributed by atoms with Crippen LogP contribution in [0.4, 0.5) is 11.8 Å². The summed E-state index contributed by atoms with van der Waals surface area (Å²) in [5.41, 5.74) is 10.5. The third-order valence-corrected chi connectivity index (χ3v) is 6.89. The molecule has 2 aromatic carbocycles. The van der Waals surface area contributed by atoms with Gasteiger partial charge in [-0.15, -0.1) is 0 Å². The van der Waals surface area contributed by atoms with Gasteiger partial charge in [0.2, 0.25) is 5.95 Å². The summed E-state index contributed by atoms with van der Waals surface area (Å²) in [6, 6.07) is 17.0. The fourth-order valence-corrected chi connectivity index (χ4v) is 4.80. The summed E-state index contributed by atoms with van der Waals surface area (Å²) < 4.78 is 11.3. The summed E-state index contributed by atoms with van der Waals surface area (Å²) in [7, 11) is 0. The summed E-state index contributed by atoms with van der Waals surface area (Å²) in [5.74, 6) is 2.35. The lowest BCUT2D eigenvalue weighted by molar-refractivity contribution is -0.133. The maximum absolute atomic E-state index is 12.7. The molecule has 0 bridgehead atoms. The van der Waals surface area contributed by atoms with E-state index in [0.29, 0.717) is 60.4 Å². The Bertz CT molecular complexity index is 1470. The fourth-order valence-electron chi connectivity index (χ4n) is 4.68. The van der Waals surface area contributed by atoms with Crippen molar-refractivity contribution in [1.82, 2.24) is 19.9 Å². The minimum Gasteiger partial charge on any atom is -0.493 e. The molecule has 0 unspecified atom stereocenters. The summed E-state index contributed by atoms with van der Waals surface area (Å²) in [6.07, 6.45) is 0.898. The van der Waals surface area contributed by atoms with Gasteiger partial charge in [-0.05, 0) is 60.2 Å². The van der Waals surface area contributed by atoms with Crippen molar-refractivity contribution in [3.05, 3.63) is 65.2 Å². The van der Waals surface area contributed by atoms with Gasteiger partial charge in [-0.1, -0.05) is 11.6 Å². The van der Waals surface area contributed by atoms with Crippen LogP contribution in [0.25, 0.3) is 22.3 Å². The second-order valence-corrected chi connectivity index (χ2v) is 9.44. The summed E-state index contributed by atoms with van der Waals surface area (Å²) in [5, 5.41) is 0.621. The van der Waals surface area contributed by atoms with Gasteiger partial charge in [0, 0.05) is 43.2 Å². The molecule has 1 amide bonds. The highest BCUT2D eigenvalue weighted by molar-refractivity contribution is 6.30. The van der Waals surface area contributed by atoms with Gasteiger partial charge in [0.15, 0.2) is 12.4 Å². The molecule has 0 spiro atoms. The molecule has 9 nitrogen and oxygen atoms in total. The molecule has 4 heterocycles. The third kappa shape index (κ3) is 4.82. The quantitative estimate of drug-likeness (QED) is 0.429. The number of nitrogen functional groups attached to an aromatic ring is 1. The molecular weight excluding hydrogens is 492 g/mol. The van der Waals surface area contributed by atoms with Gasteiger partial charge in [-0.25, -0.2) is 9.97 Å². The fraction of sp³-hybridized carbons (Fsp3) is 0.259. The molecule has 1 saturated heterocycles. The van der Waals surface area contributed by atoms with Gasteiger partial charge in [-0.2, -0.15) is 4.98 Å². The molecule has 10 heteroatoms. The lowest BCUT2D eigenvalue weighted by Gasteiger charge is -2.35. The Balaban J connectivity index is 1.18. The number of ether oxygens (including phenoxy) is 2. The predicted octanol–water partition coefficient (Wildman–Crippen LogP) is 3.59. The number of benzene rings is 2. The number of nitrogens with two attached hydrogens (primary N) is 1. The van der Waals surface area contributed by atoms with Crippen molar-refractivity contribution in [1.29, 1.82) is 0 Å². The van der Waals surface area contributed by atoms with Crippen LogP contribution in [0.3, 0.4) is 0 Å². The van der Waals surface area contributed by atoms with E-state index >= 15 is 0 Å². The highest BCUT2D eigenvalue weighted by atomic mass is 35.5. The van der Waals surface area contributed by atoms with E-state index in [4.69, 9.17) is 31.8 Å². The van der Waals surface area contributed by atoms with Crippen molar-refractivity contribution in [2.24, 2.45) is 0 Å². The molecule has 0 radical (unpaired) electrons. The minimum absolute atomic E-state index is 0.0260. The Morgan fingerprint density at radius 3 is 2.62 bits per heavy atom. The van der Waals surface area contributed by atoms with E-state index in [9.17, 15) is 4.79 Å². The number of amides is 1. The number of anilines is 2. The van der Waals surface area contributed by atoms with Crippen molar-refractivity contribution < 1.29 is 14.3 Å². The number of aromatic nitrogens is 3. The number of rotatable bonds is 5. The van der Waals surface area contributed by atoms with Crippen LogP contribution >= 0.6 is 11.6 Å². The number of hydrogen-bond donors (Lipinski definition) is 1. The Labute approximate surface area is 218 Å². The van der Waals surface area contributed by atoms with E-state index in [1.807, 2.05) is 24.3 Å². The minimum atomic E-state index is -0.0670. The van der Waals surface area contributed by atoms with Crippen LogP contribution in [0.5, 0.6) is 11.5 Å². The first-order valence-corrected chi connectivity index (χ1v) is 12.5. The van der Waals surface area contributed by atoms with Gasteiger partial charge in [0.1, 0.15) is 17.0 Å². The maximum atomic E-state index is 12.7. The van der Waals surface area contributed by atoms with Crippen molar-refractivity contribution in [3.63, 3.8) is 0 Å². The lowest BCUT2D eigenvalue weighted by atomic mass is 10.1. The molecular formula is C27H25ClN6O3. The Kier molecular flexibility index (Phi) is 6.13. The zero-order valence-corrected chi connectivity index (χ0v) is 20.8. The third-order valence-electron chi connectivity index (χ3n) is 6.63. The van der Waals surface area contributed by atoms with Crippen LogP contribution in [0.2, 0.25) is 5.02 Å². The predicted molar refractivity (Wildman–Crippen MR) is 142 cm³/mol. The Morgan fingerprint density at radius 1 is 1.00 bits per heavy atom. The van der Waals surface area contributed by atoms with E-state index in [0.717, 1.165) is 23.4 Å². The normalized spacial score (nSPS) is 14.9. The van der Waals surface area contributed by atoms with Gasteiger partial charge in [0.05, 0.1) is 17.8 Å². The smallest absolute Gasteiger partial charge is 0.260 e. The summed E-state index contributed by atoms with van der Waals surface area (Å²) >= 11 is 5.91. The van der Waals surface area contributed by atoms with Crippen LogP contribution in [0.15, 0.2) is 54.6 Å². The molecule has 0 aliphatic carbocycles. The first-order chi connectivity index (χ1) is 18.0. The first-order valence-electron chi connectivity index (χ1n) is 12.1. The first kappa shape index (κ1) is 23.3. The van der Waals surface area contributed by atoms with E-state index in [1.165, 1.54) is 5.56 Å². The second kappa shape index (κ2) is 9.74. The Hall–Kier alpha value is -4.11. The van der Waals surface area contributed by atoms with Gasteiger partial charge >= 0.3 is 0 Å². The number of nitrogens with zero attached hydrogens (tertiary/aromatic N) is 5. The number of fused-ring (bicyclic) bond motifs is 2. The zero-order valence-electron chi connectivity index (χ0n) is 20.1. The Morgan fingerprint density at radius 2 is 1.81 bits per heavy atom. The number of carbonyl (C=O) groups is 1. The molecule has 4 aromatic rings. The summed E-state index contributed by atoms with van der Waals surface area (Å²) in [4.78, 5) is 30.5. The van der Waals surface area contributed by atoms with Crippen LogP contribution in [0.1, 0.15) is 5.56 Å². The van der Waals surface area contributed by atoms with E-state index in [1.54, 1.807) is 29.2 Å². The van der Waals surface area contributed by atoms with E-state index in [-0.39, 0.29) is 18.5 Å². The standard InChI is InChI=1S/C27H25ClN6O3/c28-19-2-4-20(5-3-19)37-16-24(35)33-10-12-34(13-11-33)26-25-22(31-27(29)32-26)7-6-21(30-25)17-1-8-23-18(15-17)9-14-36-23/h1-8,15H,9-14,16H2,(H2,29,31,32). The SMILES string of the molecule is Nc1nc(N2CCN(C(=O)COc3ccc(Cl)cc3)CC2)c2nc(-c3ccc4c(c3)CCO4)ccc2n1. The van der Waals surface area contributed by atoms with Gasteiger partial charge in [0.25, 0.3) is 5.91 Å².